The van der Waals surface area contributed by atoms with Crippen molar-refractivity contribution in [3.8, 4) is 17.6 Å². The first-order chi connectivity index (χ1) is 14.5. The quantitative estimate of drug-likeness (QED) is 0.457. The van der Waals surface area contributed by atoms with Gasteiger partial charge in [0, 0.05) is 6.42 Å². The maximum atomic E-state index is 9.34. The van der Waals surface area contributed by atoms with Crippen LogP contribution in [0, 0.1) is 34.5 Å². The average Bonchev–Trinajstić information content (AvgIpc) is 3.03. The van der Waals surface area contributed by atoms with E-state index in [1.165, 1.54) is 43.2 Å². The molecular formula is C27H41NO2Si. The lowest BCUT2D eigenvalue weighted by molar-refractivity contribution is 0.0296. The van der Waals surface area contributed by atoms with E-state index in [9.17, 15) is 5.26 Å². The van der Waals surface area contributed by atoms with Crippen LogP contribution in [0.3, 0.4) is 0 Å². The van der Waals surface area contributed by atoms with Crippen LogP contribution in [0.4, 0.5) is 0 Å². The van der Waals surface area contributed by atoms with Crippen LogP contribution in [0.2, 0.25) is 18.1 Å². The minimum Gasteiger partial charge on any atom is -0.541 e. The Balaban J connectivity index is 1.64. The summed E-state index contributed by atoms with van der Waals surface area (Å²) in [7, 11) is -0.143. The second-order valence-corrected chi connectivity index (χ2v) is 16.9. The van der Waals surface area contributed by atoms with Gasteiger partial charge in [0.25, 0.3) is 8.32 Å². The molecule has 0 radical (unpaired) electrons. The van der Waals surface area contributed by atoms with E-state index in [0.29, 0.717) is 17.3 Å². The van der Waals surface area contributed by atoms with Gasteiger partial charge in [-0.05, 0) is 109 Å². The van der Waals surface area contributed by atoms with Gasteiger partial charge < -0.3 is 9.16 Å². The van der Waals surface area contributed by atoms with E-state index in [-0.39, 0.29) is 5.04 Å². The Morgan fingerprint density at radius 2 is 1.87 bits per heavy atom. The predicted octanol–water partition coefficient (Wildman–Crippen LogP) is 7.47. The Hall–Kier alpha value is -1.47. The van der Waals surface area contributed by atoms with Gasteiger partial charge in [0.2, 0.25) is 0 Å². The smallest absolute Gasteiger partial charge is 0.250 e. The van der Waals surface area contributed by atoms with Crippen LogP contribution in [-0.2, 0) is 6.42 Å². The molecule has 0 amide bonds. The standard InChI is InChI=1S/C27H41NO2Si/c1-26(2,3)31(6,7)30-25-16-18-8-10-21-20(22(18)17-24(25)29-5)12-14-27(4)19(13-15-28)9-11-23(21)27/h16-17,19-21,23H,8-14H2,1-7H3/t19-,20+,21-,23+,27-/m1/s1. The number of ether oxygens (including phenoxy) is 1. The molecule has 0 bridgehead atoms. The molecule has 0 aromatic heterocycles. The van der Waals surface area contributed by atoms with Crippen molar-refractivity contribution in [2.24, 2.45) is 23.2 Å². The molecule has 2 fully saturated rings. The average molecular weight is 440 g/mol. The van der Waals surface area contributed by atoms with E-state index in [0.717, 1.165) is 36.2 Å². The van der Waals surface area contributed by atoms with Gasteiger partial charge in [-0.2, -0.15) is 5.26 Å². The van der Waals surface area contributed by atoms with Crippen LogP contribution >= 0.6 is 0 Å². The Morgan fingerprint density at radius 1 is 1.13 bits per heavy atom. The molecule has 31 heavy (non-hydrogen) atoms. The molecule has 1 aromatic carbocycles. The number of hydrogen-bond acceptors (Lipinski definition) is 3. The van der Waals surface area contributed by atoms with Gasteiger partial charge in [-0.15, -0.1) is 0 Å². The number of hydrogen-bond donors (Lipinski definition) is 0. The summed E-state index contributed by atoms with van der Waals surface area (Å²) in [6.45, 7) is 14.0. The fourth-order valence-electron chi connectivity index (χ4n) is 6.80. The molecule has 0 heterocycles. The van der Waals surface area contributed by atoms with Crippen molar-refractivity contribution in [3.63, 3.8) is 0 Å². The highest BCUT2D eigenvalue weighted by molar-refractivity contribution is 6.74. The number of benzene rings is 1. The minimum atomic E-state index is -1.92. The lowest BCUT2D eigenvalue weighted by atomic mass is 9.54. The zero-order valence-electron chi connectivity index (χ0n) is 20.7. The fourth-order valence-corrected chi connectivity index (χ4v) is 7.81. The van der Waals surface area contributed by atoms with Gasteiger partial charge in [0.15, 0.2) is 5.75 Å². The predicted molar refractivity (Wildman–Crippen MR) is 129 cm³/mol. The lowest BCUT2D eigenvalue weighted by Crippen LogP contribution is -2.44. The zero-order valence-corrected chi connectivity index (χ0v) is 21.7. The number of rotatable bonds is 4. The number of methoxy groups -OCH3 is 1. The monoisotopic (exact) mass is 439 g/mol. The number of fused-ring (bicyclic) bond motifs is 5. The van der Waals surface area contributed by atoms with Gasteiger partial charge in [-0.1, -0.05) is 27.7 Å². The minimum absolute atomic E-state index is 0.162. The highest BCUT2D eigenvalue weighted by Gasteiger charge is 2.54. The molecule has 0 unspecified atom stereocenters. The van der Waals surface area contributed by atoms with E-state index < -0.39 is 8.32 Å². The molecule has 2 saturated carbocycles. The van der Waals surface area contributed by atoms with Crippen LogP contribution in [0.1, 0.15) is 83.3 Å². The number of nitriles is 1. The first-order valence-corrected chi connectivity index (χ1v) is 15.2. The number of aryl methyl sites for hydroxylation is 1. The summed E-state index contributed by atoms with van der Waals surface area (Å²) < 4.78 is 12.6. The van der Waals surface area contributed by atoms with Crippen molar-refractivity contribution in [2.75, 3.05) is 7.11 Å². The highest BCUT2D eigenvalue weighted by Crippen LogP contribution is 2.64. The molecule has 3 aliphatic rings. The molecule has 3 nitrogen and oxygen atoms in total. The molecule has 4 rings (SSSR count). The summed E-state index contributed by atoms with van der Waals surface area (Å²) in [5.74, 6) is 4.62. The summed E-state index contributed by atoms with van der Waals surface area (Å²) in [6, 6.07) is 7.11. The van der Waals surface area contributed by atoms with Crippen LogP contribution < -0.4 is 9.16 Å². The summed E-state index contributed by atoms with van der Waals surface area (Å²) in [6.07, 6.45) is 8.22. The molecule has 4 heteroatoms. The Labute approximate surface area is 190 Å². The summed E-state index contributed by atoms with van der Waals surface area (Å²) in [4.78, 5) is 0. The third kappa shape index (κ3) is 3.71. The van der Waals surface area contributed by atoms with E-state index in [1.54, 1.807) is 7.11 Å². The summed E-state index contributed by atoms with van der Waals surface area (Å²) in [5, 5.41) is 9.50. The van der Waals surface area contributed by atoms with Crippen LogP contribution in [0.15, 0.2) is 12.1 Å². The second kappa shape index (κ2) is 7.83. The van der Waals surface area contributed by atoms with Crippen LogP contribution in [0.5, 0.6) is 11.5 Å². The Bertz CT molecular complexity index is 880. The fraction of sp³-hybridized carbons (Fsp3) is 0.741. The molecule has 0 spiro atoms. The lowest BCUT2D eigenvalue weighted by Gasteiger charge is -2.51. The van der Waals surface area contributed by atoms with Crippen molar-refractivity contribution in [3.05, 3.63) is 23.3 Å². The van der Waals surface area contributed by atoms with Crippen molar-refractivity contribution in [2.45, 2.75) is 96.7 Å². The SMILES string of the molecule is COc1cc2c(cc1O[Si](C)(C)C(C)(C)C)CC[C@@H]1[C@@H]2CC[C@]2(C)[C@@H](CC#N)CC[C@@H]12. The maximum Gasteiger partial charge on any atom is 0.250 e. The molecule has 0 saturated heterocycles. The van der Waals surface area contributed by atoms with Crippen molar-refractivity contribution >= 4 is 8.32 Å². The maximum absolute atomic E-state index is 9.34. The van der Waals surface area contributed by atoms with Crippen molar-refractivity contribution < 1.29 is 9.16 Å². The topological polar surface area (TPSA) is 42.2 Å². The highest BCUT2D eigenvalue weighted by atomic mass is 28.4. The summed E-state index contributed by atoms with van der Waals surface area (Å²) >= 11 is 0. The van der Waals surface area contributed by atoms with Gasteiger partial charge >= 0.3 is 0 Å². The molecule has 5 atom stereocenters. The van der Waals surface area contributed by atoms with Crippen molar-refractivity contribution in [1.82, 2.24) is 0 Å². The third-order valence-electron chi connectivity index (χ3n) is 9.71. The van der Waals surface area contributed by atoms with Gasteiger partial charge in [-0.3, -0.25) is 0 Å². The normalized spacial score (nSPS) is 32.5. The molecule has 0 N–H and O–H groups in total. The van der Waals surface area contributed by atoms with E-state index >= 15 is 0 Å². The number of nitrogens with zero attached hydrogens (tertiary/aromatic N) is 1. The molecule has 3 aliphatic carbocycles. The summed E-state index contributed by atoms with van der Waals surface area (Å²) in [5.41, 5.74) is 3.36. The molecular weight excluding hydrogens is 398 g/mol. The zero-order chi connectivity index (χ0) is 22.6. The van der Waals surface area contributed by atoms with Gasteiger partial charge in [0.1, 0.15) is 5.75 Å². The molecule has 1 aromatic rings. The Kier molecular flexibility index (Phi) is 5.74. The largest absolute Gasteiger partial charge is 0.541 e. The molecule has 0 aliphatic heterocycles. The van der Waals surface area contributed by atoms with Gasteiger partial charge in [-0.25, -0.2) is 0 Å². The molecule has 170 valence electrons. The van der Waals surface area contributed by atoms with E-state index in [4.69, 9.17) is 9.16 Å². The first-order valence-electron chi connectivity index (χ1n) is 12.3. The second-order valence-electron chi connectivity index (χ2n) is 12.2. The van der Waals surface area contributed by atoms with Gasteiger partial charge in [0.05, 0.1) is 13.2 Å². The van der Waals surface area contributed by atoms with Crippen molar-refractivity contribution in [1.29, 1.82) is 5.26 Å². The van der Waals surface area contributed by atoms with Crippen LogP contribution in [-0.4, -0.2) is 15.4 Å². The third-order valence-corrected chi connectivity index (χ3v) is 14.1. The Morgan fingerprint density at radius 3 is 2.52 bits per heavy atom. The first kappa shape index (κ1) is 22.7. The van der Waals surface area contributed by atoms with E-state index in [2.05, 4.69) is 59.0 Å². The van der Waals surface area contributed by atoms with E-state index in [1.807, 2.05) is 0 Å². The van der Waals surface area contributed by atoms with Crippen LogP contribution in [0.25, 0.3) is 0 Å².